The molecule has 0 bridgehead atoms. The van der Waals surface area contributed by atoms with Crippen LogP contribution in [0.1, 0.15) is 24.0 Å². The van der Waals surface area contributed by atoms with Crippen LogP contribution >= 0.6 is 0 Å². The number of fused-ring (bicyclic) bond motifs is 1. The lowest BCUT2D eigenvalue weighted by Crippen LogP contribution is -2.30. The number of rotatable bonds is 7. The fourth-order valence-corrected chi connectivity index (χ4v) is 3.85. The second-order valence-electron chi connectivity index (χ2n) is 8.12. The maximum Gasteiger partial charge on any atom is 0.416 e. The Morgan fingerprint density at radius 1 is 1.06 bits per heavy atom. The second kappa shape index (κ2) is 10.1. The van der Waals surface area contributed by atoms with Gasteiger partial charge in [-0.05, 0) is 54.8 Å². The lowest BCUT2D eigenvalue weighted by Gasteiger charge is -2.24. The number of halogens is 3. The van der Waals surface area contributed by atoms with E-state index in [0.717, 1.165) is 29.4 Å². The summed E-state index contributed by atoms with van der Waals surface area (Å²) in [5, 5.41) is 5.35. The van der Waals surface area contributed by atoms with Crippen LogP contribution in [-0.4, -0.2) is 18.9 Å². The zero-order valence-electron chi connectivity index (χ0n) is 18.8. The summed E-state index contributed by atoms with van der Waals surface area (Å²) in [4.78, 5) is 25.1. The van der Waals surface area contributed by atoms with Crippen LogP contribution in [0.3, 0.4) is 0 Å². The van der Waals surface area contributed by atoms with Crippen LogP contribution in [0, 0.1) is 5.92 Å². The van der Waals surface area contributed by atoms with Gasteiger partial charge in [0, 0.05) is 24.1 Å². The minimum absolute atomic E-state index is 0.0453. The predicted octanol–water partition coefficient (Wildman–Crippen LogP) is 6.04. The van der Waals surface area contributed by atoms with E-state index in [9.17, 15) is 22.8 Å². The smallest absolute Gasteiger partial charge is 0.416 e. The lowest BCUT2D eigenvalue weighted by molar-refractivity contribution is -0.137. The van der Waals surface area contributed by atoms with Gasteiger partial charge in [0.1, 0.15) is 11.5 Å². The molecule has 0 aromatic heterocycles. The van der Waals surface area contributed by atoms with Gasteiger partial charge < -0.3 is 20.1 Å². The van der Waals surface area contributed by atoms with Gasteiger partial charge in [-0.15, -0.1) is 0 Å². The summed E-state index contributed by atoms with van der Waals surface area (Å²) in [5.41, 5.74) is 0.686. The Labute approximate surface area is 200 Å². The number of alkyl halides is 3. The van der Waals surface area contributed by atoms with E-state index in [1.54, 1.807) is 24.3 Å². The van der Waals surface area contributed by atoms with Crippen LogP contribution < -0.4 is 20.1 Å². The molecule has 9 heteroatoms. The first-order valence-corrected chi connectivity index (χ1v) is 10.9. The Morgan fingerprint density at radius 2 is 1.83 bits per heavy atom. The van der Waals surface area contributed by atoms with E-state index in [-0.39, 0.29) is 30.2 Å². The third kappa shape index (κ3) is 5.92. The number of anilines is 2. The average molecular weight is 484 g/mol. The van der Waals surface area contributed by atoms with Crippen molar-refractivity contribution in [2.24, 2.45) is 5.92 Å². The molecule has 182 valence electrons. The van der Waals surface area contributed by atoms with Crippen LogP contribution in [0.2, 0.25) is 0 Å². The SMILES string of the molecule is COc1cccc(Oc2ccc(C(F)(F)F)cc2NC(=O)CC[C@@H]2Cc3ccccc3NC2=O)c1. The number of methoxy groups -OCH3 is 1. The van der Waals surface area contributed by atoms with Gasteiger partial charge in [-0.1, -0.05) is 24.3 Å². The van der Waals surface area contributed by atoms with Crippen LogP contribution in [0.4, 0.5) is 24.5 Å². The van der Waals surface area contributed by atoms with Crippen molar-refractivity contribution >= 4 is 23.2 Å². The monoisotopic (exact) mass is 484 g/mol. The number of carbonyl (C=O) groups excluding carboxylic acids is 2. The molecule has 0 radical (unpaired) electrons. The maximum absolute atomic E-state index is 13.3. The topological polar surface area (TPSA) is 76.7 Å². The van der Waals surface area contributed by atoms with Crippen molar-refractivity contribution < 1.29 is 32.2 Å². The molecule has 0 spiro atoms. The number of ether oxygens (including phenoxy) is 2. The van der Waals surface area contributed by atoms with Gasteiger partial charge in [-0.25, -0.2) is 0 Å². The molecule has 2 N–H and O–H groups in total. The molecular weight excluding hydrogens is 461 g/mol. The molecule has 3 aromatic rings. The minimum atomic E-state index is -4.60. The summed E-state index contributed by atoms with van der Waals surface area (Å²) in [6, 6.07) is 16.8. The lowest BCUT2D eigenvalue weighted by atomic mass is 9.89. The first kappa shape index (κ1) is 24.1. The standard InChI is InChI=1S/C26H23F3N2O4/c1-34-19-6-4-7-20(15-19)35-23-11-10-18(26(27,28)29)14-22(23)30-24(32)12-9-17-13-16-5-2-3-8-21(16)31-25(17)33/h2-8,10-11,14-15,17H,9,12-13H2,1H3,(H,30,32)(H,31,33)/t17-/m1/s1. The Balaban J connectivity index is 1.48. The number of amides is 2. The van der Waals surface area contributed by atoms with Crippen molar-refractivity contribution in [2.45, 2.75) is 25.4 Å². The summed E-state index contributed by atoms with van der Waals surface area (Å²) in [5.74, 6) is -0.234. The number of nitrogens with one attached hydrogen (secondary N) is 2. The summed E-state index contributed by atoms with van der Waals surface area (Å²) in [6.45, 7) is 0. The van der Waals surface area contributed by atoms with Gasteiger partial charge >= 0.3 is 6.18 Å². The van der Waals surface area contributed by atoms with Crippen LogP contribution in [-0.2, 0) is 22.2 Å². The number of hydrogen-bond donors (Lipinski definition) is 2. The molecule has 2 amide bonds. The van der Waals surface area contributed by atoms with E-state index < -0.39 is 23.6 Å². The molecule has 4 rings (SSSR count). The molecule has 6 nitrogen and oxygen atoms in total. The van der Waals surface area contributed by atoms with E-state index in [4.69, 9.17) is 9.47 Å². The molecule has 3 aromatic carbocycles. The van der Waals surface area contributed by atoms with Gasteiger partial charge in [-0.2, -0.15) is 13.2 Å². The van der Waals surface area contributed by atoms with Crippen LogP contribution in [0.15, 0.2) is 66.7 Å². The zero-order chi connectivity index (χ0) is 25.0. The van der Waals surface area contributed by atoms with E-state index in [2.05, 4.69) is 10.6 Å². The van der Waals surface area contributed by atoms with Crippen molar-refractivity contribution in [3.05, 3.63) is 77.9 Å². The summed E-state index contributed by atoms with van der Waals surface area (Å²) < 4.78 is 50.8. The van der Waals surface area contributed by atoms with Gasteiger partial charge in [0.25, 0.3) is 0 Å². The normalized spacial score (nSPS) is 15.1. The highest BCUT2D eigenvalue weighted by atomic mass is 19.4. The fourth-order valence-electron chi connectivity index (χ4n) is 3.85. The molecule has 1 atom stereocenters. The number of benzene rings is 3. The molecule has 0 saturated heterocycles. The van der Waals surface area contributed by atoms with Gasteiger partial charge in [0.2, 0.25) is 11.8 Å². The first-order chi connectivity index (χ1) is 16.7. The Bertz CT molecular complexity index is 1240. The van der Waals surface area contributed by atoms with Gasteiger partial charge in [0.05, 0.1) is 18.4 Å². The third-order valence-corrected chi connectivity index (χ3v) is 5.68. The first-order valence-electron chi connectivity index (χ1n) is 10.9. The Kier molecular flexibility index (Phi) is 6.95. The fraction of sp³-hybridized carbons (Fsp3) is 0.231. The van der Waals surface area contributed by atoms with Crippen molar-refractivity contribution in [1.82, 2.24) is 0 Å². The second-order valence-corrected chi connectivity index (χ2v) is 8.12. The largest absolute Gasteiger partial charge is 0.497 e. The van der Waals surface area contributed by atoms with Crippen molar-refractivity contribution in [3.63, 3.8) is 0 Å². The Hall–Kier alpha value is -4.01. The summed E-state index contributed by atoms with van der Waals surface area (Å²) in [7, 11) is 1.48. The van der Waals surface area contributed by atoms with E-state index >= 15 is 0 Å². The zero-order valence-corrected chi connectivity index (χ0v) is 18.8. The van der Waals surface area contributed by atoms with Crippen LogP contribution in [0.25, 0.3) is 0 Å². The quantitative estimate of drug-likeness (QED) is 0.429. The molecule has 0 unspecified atom stereocenters. The van der Waals surface area contributed by atoms with Gasteiger partial charge in [-0.3, -0.25) is 9.59 Å². The maximum atomic E-state index is 13.3. The van der Waals surface area contributed by atoms with Crippen molar-refractivity contribution in [2.75, 3.05) is 17.7 Å². The van der Waals surface area contributed by atoms with E-state index in [0.29, 0.717) is 17.9 Å². The highest BCUT2D eigenvalue weighted by Crippen LogP contribution is 2.37. The molecular formula is C26H23F3N2O4. The highest BCUT2D eigenvalue weighted by Gasteiger charge is 2.32. The van der Waals surface area contributed by atoms with Crippen molar-refractivity contribution in [3.8, 4) is 17.2 Å². The van der Waals surface area contributed by atoms with E-state index in [1.165, 1.54) is 7.11 Å². The molecule has 35 heavy (non-hydrogen) atoms. The molecule has 1 heterocycles. The highest BCUT2D eigenvalue weighted by molar-refractivity contribution is 5.97. The minimum Gasteiger partial charge on any atom is -0.497 e. The molecule has 0 aliphatic carbocycles. The average Bonchev–Trinajstić information content (AvgIpc) is 2.83. The molecule has 1 aliphatic heterocycles. The number of hydrogen-bond acceptors (Lipinski definition) is 4. The third-order valence-electron chi connectivity index (χ3n) is 5.68. The van der Waals surface area contributed by atoms with E-state index in [1.807, 2.05) is 24.3 Å². The summed E-state index contributed by atoms with van der Waals surface area (Å²) in [6.07, 6.45) is -3.91. The molecule has 0 saturated carbocycles. The number of para-hydroxylation sites is 1. The predicted molar refractivity (Wildman–Crippen MR) is 125 cm³/mol. The van der Waals surface area contributed by atoms with Crippen molar-refractivity contribution in [1.29, 1.82) is 0 Å². The molecule has 1 aliphatic rings. The summed E-state index contributed by atoms with van der Waals surface area (Å²) >= 11 is 0. The van der Waals surface area contributed by atoms with Gasteiger partial charge in [0.15, 0.2) is 5.75 Å². The van der Waals surface area contributed by atoms with Crippen LogP contribution in [0.5, 0.6) is 17.2 Å². The number of carbonyl (C=O) groups is 2. The Morgan fingerprint density at radius 3 is 2.60 bits per heavy atom. The molecule has 0 fully saturated rings.